The summed E-state index contributed by atoms with van der Waals surface area (Å²) in [7, 11) is 2.24. The molecule has 0 spiro atoms. The summed E-state index contributed by atoms with van der Waals surface area (Å²) in [4.78, 5) is 51.0. The number of hydrogen-bond donors (Lipinski definition) is 2. The molecule has 0 aliphatic heterocycles. The van der Waals surface area contributed by atoms with Crippen molar-refractivity contribution in [1.82, 2.24) is 5.32 Å². The van der Waals surface area contributed by atoms with Gasteiger partial charge in [0, 0.05) is 12.3 Å². The van der Waals surface area contributed by atoms with E-state index >= 15 is 0 Å². The Morgan fingerprint density at radius 1 is 0.737 bits per heavy atom. The summed E-state index contributed by atoms with van der Waals surface area (Å²) < 4.78 is 9.48. The fourth-order valence-corrected chi connectivity index (χ4v) is 4.87. The van der Waals surface area contributed by atoms with Gasteiger partial charge in [-0.2, -0.15) is 0 Å². The van der Waals surface area contributed by atoms with E-state index in [0.717, 1.165) is 30.9 Å². The maximum absolute atomic E-state index is 13.7. The van der Waals surface area contributed by atoms with Crippen LogP contribution in [-0.2, 0) is 34.1 Å². The molecular weight excluding hydrogens is 484 g/mol. The molecule has 0 aliphatic carbocycles. The Morgan fingerprint density at radius 2 is 1.11 bits per heavy atom. The van der Waals surface area contributed by atoms with Crippen LogP contribution in [0.25, 0.3) is 0 Å². The third-order valence-electron chi connectivity index (χ3n) is 6.81. The molecule has 0 saturated carbocycles. The van der Waals surface area contributed by atoms with E-state index in [2.05, 4.69) is 5.32 Å². The topological polar surface area (TPSA) is 125 Å². The summed E-state index contributed by atoms with van der Waals surface area (Å²) >= 11 is 0. The predicted octanol–water partition coefficient (Wildman–Crippen LogP) is 2.98. The number of amides is 2. The van der Waals surface area contributed by atoms with E-state index in [4.69, 9.17) is 15.2 Å². The highest BCUT2D eigenvalue weighted by Gasteiger charge is 2.43. The first kappa shape index (κ1) is 28.1. The van der Waals surface area contributed by atoms with Gasteiger partial charge in [0.05, 0.1) is 19.6 Å². The highest BCUT2D eigenvalue weighted by molar-refractivity contribution is 5.97. The van der Waals surface area contributed by atoms with Crippen LogP contribution in [0, 0.1) is 11.8 Å². The molecular formula is C30H32N2O6. The van der Waals surface area contributed by atoms with E-state index in [1.54, 1.807) is 0 Å². The van der Waals surface area contributed by atoms with Gasteiger partial charge < -0.3 is 20.5 Å². The van der Waals surface area contributed by atoms with E-state index in [9.17, 15) is 19.2 Å². The molecule has 0 heterocycles. The first-order chi connectivity index (χ1) is 18.3. The van der Waals surface area contributed by atoms with Crippen LogP contribution in [0.4, 0.5) is 0 Å². The SMILES string of the molecule is COC(=O)C(C(=O)OC)[C@@H](C)[C@H](NC(=O)CC(c1ccccc1)(c1ccccc1)c1ccccc1)C(N)=O. The van der Waals surface area contributed by atoms with Gasteiger partial charge in [0.2, 0.25) is 11.8 Å². The van der Waals surface area contributed by atoms with Gasteiger partial charge in [0.25, 0.3) is 0 Å². The third kappa shape index (κ3) is 5.91. The van der Waals surface area contributed by atoms with E-state index in [0.29, 0.717) is 0 Å². The first-order valence-electron chi connectivity index (χ1n) is 12.2. The molecule has 3 aromatic carbocycles. The van der Waals surface area contributed by atoms with E-state index < -0.39 is 47.0 Å². The highest BCUT2D eigenvalue weighted by atomic mass is 16.5. The third-order valence-corrected chi connectivity index (χ3v) is 6.81. The molecule has 2 atom stereocenters. The molecule has 0 aromatic heterocycles. The van der Waals surface area contributed by atoms with Gasteiger partial charge in [-0.25, -0.2) is 0 Å². The van der Waals surface area contributed by atoms with Crippen LogP contribution in [-0.4, -0.2) is 44.0 Å². The monoisotopic (exact) mass is 516 g/mol. The summed E-state index contributed by atoms with van der Waals surface area (Å²) in [6.07, 6.45) is -0.0807. The first-order valence-corrected chi connectivity index (χ1v) is 12.2. The summed E-state index contributed by atoms with van der Waals surface area (Å²) in [6, 6.07) is 27.5. The normalized spacial score (nSPS) is 12.7. The largest absolute Gasteiger partial charge is 0.468 e. The highest BCUT2D eigenvalue weighted by Crippen LogP contribution is 2.42. The second-order valence-electron chi connectivity index (χ2n) is 9.01. The molecule has 3 rings (SSSR count). The number of esters is 2. The standard InChI is InChI=1S/C30H32N2O6/c1-20(25(28(35)37-2)29(36)38-3)26(27(31)34)32-24(33)19-30(21-13-7-4-8-14-21,22-15-9-5-10-16-22)23-17-11-6-12-18-23/h4-18,20,25-26H,19H2,1-3H3,(H2,31,34)(H,32,33)/t20-,26+/m1/s1. The number of ether oxygens (including phenoxy) is 2. The molecule has 8 nitrogen and oxygen atoms in total. The molecule has 38 heavy (non-hydrogen) atoms. The fourth-order valence-electron chi connectivity index (χ4n) is 4.87. The van der Waals surface area contributed by atoms with Crippen LogP contribution in [0.5, 0.6) is 0 Å². The summed E-state index contributed by atoms with van der Waals surface area (Å²) in [5.74, 6) is -5.66. The number of rotatable bonds is 11. The Morgan fingerprint density at radius 3 is 1.42 bits per heavy atom. The maximum Gasteiger partial charge on any atom is 0.320 e. The van der Waals surface area contributed by atoms with E-state index in [1.807, 2.05) is 91.0 Å². The zero-order valence-corrected chi connectivity index (χ0v) is 21.6. The smallest absolute Gasteiger partial charge is 0.320 e. The van der Waals surface area contributed by atoms with Crippen LogP contribution in [0.3, 0.4) is 0 Å². The summed E-state index contributed by atoms with van der Waals surface area (Å²) in [6.45, 7) is 1.47. The summed E-state index contributed by atoms with van der Waals surface area (Å²) in [5.41, 5.74) is 7.35. The number of nitrogens with two attached hydrogens (primary N) is 1. The van der Waals surface area contributed by atoms with Gasteiger partial charge in [-0.05, 0) is 16.7 Å². The Labute approximate surface area is 222 Å². The van der Waals surface area contributed by atoms with Gasteiger partial charge in [0.1, 0.15) is 6.04 Å². The number of methoxy groups -OCH3 is 2. The molecule has 3 N–H and O–H groups in total. The molecule has 8 heteroatoms. The number of benzene rings is 3. The van der Waals surface area contributed by atoms with Crippen molar-refractivity contribution in [2.45, 2.75) is 24.8 Å². The zero-order valence-electron chi connectivity index (χ0n) is 21.6. The number of hydrogen-bond acceptors (Lipinski definition) is 6. The van der Waals surface area contributed by atoms with Crippen molar-refractivity contribution in [3.05, 3.63) is 108 Å². The minimum atomic E-state index is -1.45. The van der Waals surface area contributed by atoms with Crippen LogP contribution in [0.1, 0.15) is 30.0 Å². The van der Waals surface area contributed by atoms with Crippen LogP contribution in [0.15, 0.2) is 91.0 Å². The lowest BCUT2D eigenvalue weighted by Crippen LogP contribution is -2.53. The summed E-state index contributed by atoms with van der Waals surface area (Å²) in [5, 5.41) is 2.69. The molecule has 198 valence electrons. The van der Waals surface area contributed by atoms with Gasteiger partial charge >= 0.3 is 11.9 Å². The second-order valence-corrected chi connectivity index (χ2v) is 9.01. The van der Waals surface area contributed by atoms with Crippen molar-refractivity contribution in [3.8, 4) is 0 Å². The molecule has 0 aliphatic rings. The van der Waals surface area contributed by atoms with Crippen molar-refractivity contribution in [2.24, 2.45) is 17.6 Å². The lowest BCUT2D eigenvalue weighted by molar-refractivity contribution is -0.162. The fraction of sp³-hybridized carbons (Fsp3) is 0.267. The van der Waals surface area contributed by atoms with Crippen molar-refractivity contribution < 1.29 is 28.7 Å². The number of primary amides is 1. The van der Waals surface area contributed by atoms with Gasteiger partial charge in [-0.3, -0.25) is 19.2 Å². The average molecular weight is 517 g/mol. The van der Waals surface area contributed by atoms with Gasteiger partial charge in [-0.15, -0.1) is 0 Å². The quantitative estimate of drug-likeness (QED) is 0.229. The Bertz CT molecular complexity index is 1130. The van der Waals surface area contributed by atoms with E-state index in [-0.39, 0.29) is 6.42 Å². The van der Waals surface area contributed by atoms with Crippen LogP contribution < -0.4 is 11.1 Å². The second kappa shape index (κ2) is 12.7. The van der Waals surface area contributed by atoms with E-state index in [1.165, 1.54) is 6.92 Å². The predicted molar refractivity (Wildman–Crippen MR) is 142 cm³/mol. The van der Waals surface area contributed by atoms with Crippen molar-refractivity contribution >= 4 is 23.8 Å². The molecule has 2 amide bonds. The molecule has 0 unspecified atom stereocenters. The lowest BCUT2D eigenvalue weighted by Gasteiger charge is -2.36. The molecule has 0 fully saturated rings. The Balaban J connectivity index is 2.07. The average Bonchev–Trinajstić information content (AvgIpc) is 2.95. The van der Waals surface area contributed by atoms with Crippen molar-refractivity contribution in [1.29, 1.82) is 0 Å². The van der Waals surface area contributed by atoms with Crippen LogP contribution in [0.2, 0.25) is 0 Å². The van der Waals surface area contributed by atoms with Gasteiger partial charge in [-0.1, -0.05) is 97.9 Å². The zero-order chi connectivity index (χ0) is 27.7. The molecule has 0 radical (unpaired) electrons. The minimum Gasteiger partial charge on any atom is -0.468 e. The Hall–Kier alpha value is -4.46. The van der Waals surface area contributed by atoms with Crippen LogP contribution >= 0.6 is 0 Å². The van der Waals surface area contributed by atoms with Gasteiger partial charge in [0.15, 0.2) is 5.92 Å². The molecule has 0 saturated heterocycles. The number of carbonyl (C=O) groups is 4. The minimum absolute atomic E-state index is 0.0807. The number of carbonyl (C=O) groups excluding carboxylic acids is 4. The maximum atomic E-state index is 13.7. The Kier molecular flexibility index (Phi) is 9.38. The van der Waals surface area contributed by atoms with Crippen molar-refractivity contribution in [2.75, 3.05) is 14.2 Å². The van der Waals surface area contributed by atoms with Crippen molar-refractivity contribution in [3.63, 3.8) is 0 Å². The number of nitrogens with one attached hydrogen (secondary N) is 1. The lowest BCUT2D eigenvalue weighted by atomic mass is 9.67. The molecule has 0 bridgehead atoms. The molecule has 3 aromatic rings.